The summed E-state index contributed by atoms with van der Waals surface area (Å²) in [7, 11) is 1.97. The van der Waals surface area contributed by atoms with E-state index >= 15 is 0 Å². The number of aromatic nitrogens is 1. The number of halogens is 1. The minimum absolute atomic E-state index is 0.0577. The molecule has 6 heteroatoms. The third kappa shape index (κ3) is 4.21. The van der Waals surface area contributed by atoms with Crippen LogP contribution in [0.2, 0.25) is 0 Å². The van der Waals surface area contributed by atoms with Crippen LogP contribution in [0.3, 0.4) is 0 Å². The molecule has 0 unspecified atom stereocenters. The highest BCUT2D eigenvalue weighted by molar-refractivity contribution is 5.92. The van der Waals surface area contributed by atoms with Crippen LogP contribution in [0, 0.1) is 5.82 Å². The van der Waals surface area contributed by atoms with Crippen molar-refractivity contribution in [3.8, 4) is 0 Å². The van der Waals surface area contributed by atoms with Crippen LogP contribution in [0.15, 0.2) is 72.9 Å². The molecule has 0 N–H and O–H groups in total. The van der Waals surface area contributed by atoms with E-state index in [-0.39, 0.29) is 11.7 Å². The molecule has 1 aliphatic heterocycles. The first kappa shape index (κ1) is 18.9. The Labute approximate surface area is 170 Å². The lowest BCUT2D eigenvalue weighted by molar-refractivity contribution is 0.0741. The van der Waals surface area contributed by atoms with E-state index in [0.717, 1.165) is 17.1 Å². The molecule has 1 aliphatic rings. The predicted octanol–water partition coefficient (Wildman–Crippen LogP) is 3.95. The SMILES string of the molecule is CN(c1ccccc1)c1ccc(C(=O)N2CCN(c3ccc(F)cc3)CC2)nc1. The van der Waals surface area contributed by atoms with Crippen LogP contribution in [0.4, 0.5) is 21.5 Å². The molecule has 2 aromatic carbocycles. The molecule has 148 valence electrons. The standard InChI is InChI=1S/C23H23FN4O/c1-26(19-5-3-2-4-6-19)21-11-12-22(25-17-21)23(29)28-15-13-27(14-16-28)20-9-7-18(24)8-10-20/h2-12,17H,13-16H2,1H3. The Morgan fingerprint density at radius 3 is 2.21 bits per heavy atom. The number of nitrogens with zero attached hydrogens (tertiary/aromatic N) is 4. The van der Waals surface area contributed by atoms with E-state index in [4.69, 9.17) is 0 Å². The van der Waals surface area contributed by atoms with Gasteiger partial charge in [0.05, 0.1) is 11.9 Å². The topological polar surface area (TPSA) is 39.7 Å². The number of rotatable bonds is 4. The Kier molecular flexibility index (Phi) is 5.42. The summed E-state index contributed by atoms with van der Waals surface area (Å²) in [5, 5.41) is 0. The number of pyridine rings is 1. The fraction of sp³-hybridized carbons (Fsp3) is 0.217. The molecule has 29 heavy (non-hydrogen) atoms. The molecule has 0 aliphatic carbocycles. The second kappa shape index (κ2) is 8.31. The molecular formula is C23H23FN4O. The summed E-state index contributed by atoms with van der Waals surface area (Å²) in [4.78, 5) is 23.2. The van der Waals surface area contributed by atoms with Gasteiger partial charge < -0.3 is 14.7 Å². The second-order valence-corrected chi connectivity index (χ2v) is 7.05. The smallest absolute Gasteiger partial charge is 0.272 e. The number of carbonyl (C=O) groups excluding carboxylic acids is 1. The number of para-hydroxylation sites is 1. The van der Waals surface area contributed by atoms with Crippen molar-refractivity contribution >= 4 is 23.0 Å². The van der Waals surface area contributed by atoms with Gasteiger partial charge >= 0.3 is 0 Å². The first-order chi connectivity index (χ1) is 14.1. The van der Waals surface area contributed by atoms with Crippen molar-refractivity contribution in [2.24, 2.45) is 0 Å². The maximum absolute atomic E-state index is 13.1. The largest absolute Gasteiger partial charge is 0.368 e. The first-order valence-electron chi connectivity index (χ1n) is 9.66. The molecule has 2 heterocycles. The van der Waals surface area contributed by atoms with Gasteiger partial charge in [-0.05, 0) is 48.5 Å². The van der Waals surface area contributed by atoms with Crippen molar-refractivity contribution in [3.05, 3.63) is 84.4 Å². The van der Waals surface area contributed by atoms with Gasteiger partial charge in [-0.2, -0.15) is 0 Å². The first-order valence-corrected chi connectivity index (χ1v) is 9.66. The van der Waals surface area contributed by atoms with E-state index in [1.165, 1.54) is 12.1 Å². The van der Waals surface area contributed by atoms with Crippen LogP contribution in [0.5, 0.6) is 0 Å². The number of hydrogen-bond donors (Lipinski definition) is 0. The fourth-order valence-corrected chi connectivity index (χ4v) is 3.49. The number of piperazine rings is 1. The van der Waals surface area contributed by atoms with E-state index in [1.54, 1.807) is 24.4 Å². The van der Waals surface area contributed by atoms with Crippen molar-refractivity contribution < 1.29 is 9.18 Å². The highest BCUT2D eigenvalue weighted by Gasteiger charge is 2.23. The van der Waals surface area contributed by atoms with Crippen LogP contribution in [-0.4, -0.2) is 49.0 Å². The number of amides is 1. The van der Waals surface area contributed by atoms with E-state index < -0.39 is 0 Å². The van der Waals surface area contributed by atoms with Crippen molar-refractivity contribution in [3.63, 3.8) is 0 Å². The summed E-state index contributed by atoms with van der Waals surface area (Å²) >= 11 is 0. The normalized spacial score (nSPS) is 14.0. The molecule has 0 atom stereocenters. The molecule has 3 aromatic rings. The zero-order valence-corrected chi connectivity index (χ0v) is 16.3. The van der Waals surface area contributed by atoms with Gasteiger partial charge in [0, 0.05) is 44.6 Å². The molecule has 5 nitrogen and oxygen atoms in total. The van der Waals surface area contributed by atoms with Gasteiger partial charge in [0.2, 0.25) is 0 Å². The summed E-state index contributed by atoms with van der Waals surface area (Å²) in [5.41, 5.74) is 3.41. The van der Waals surface area contributed by atoms with Crippen LogP contribution < -0.4 is 9.80 Å². The number of hydrogen-bond acceptors (Lipinski definition) is 4. The number of anilines is 3. The molecule has 0 spiro atoms. The quantitative estimate of drug-likeness (QED) is 0.676. The van der Waals surface area contributed by atoms with E-state index in [2.05, 4.69) is 9.88 Å². The molecule has 4 rings (SSSR count). The van der Waals surface area contributed by atoms with Crippen molar-refractivity contribution in [2.75, 3.05) is 43.0 Å². The lowest BCUT2D eigenvalue weighted by atomic mass is 10.2. The molecule has 1 aromatic heterocycles. The van der Waals surface area contributed by atoms with Gasteiger partial charge in [-0.3, -0.25) is 4.79 Å². The monoisotopic (exact) mass is 390 g/mol. The lowest BCUT2D eigenvalue weighted by Crippen LogP contribution is -2.49. The minimum atomic E-state index is -0.241. The summed E-state index contributed by atoms with van der Waals surface area (Å²) in [6.45, 7) is 2.66. The van der Waals surface area contributed by atoms with Crippen molar-refractivity contribution in [1.29, 1.82) is 0 Å². The van der Waals surface area contributed by atoms with E-state index in [1.807, 2.05) is 53.2 Å². The van der Waals surface area contributed by atoms with Gasteiger partial charge in [0.25, 0.3) is 5.91 Å². The van der Waals surface area contributed by atoms with Gasteiger partial charge in [-0.1, -0.05) is 18.2 Å². The van der Waals surface area contributed by atoms with Crippen LogP contribution in [-0.2, 0) is 0 Å². The molecule has 0 saturated carbocycles. The Morgan fingerprint density at radius 1 is 0.897 bits per heavy atom. The van der Waals surface area contributed by atoms with Crippen LogP contribution in [0.25, 0.3) is 0 Å². The van der Waals surface area contributed by atoms with Crippen LogP contribution in [0.1, 0.15) is 10.5 Å². The molecule has 1 fully saturated rings. The molecule has 1 amide bonds. The zero-order valence-electron chi connectivity index (χ0n) is 16.3. The number of benzene rings is 2. The summed E-state index contributed by atoms with van der Waals surface area (Å²) in [6, 6.07) is 20.2. The average Bonchev–Trinajstić information content (AvgIpc) is 2.79. The molecule has 0 radical (unpaired) electrons. The van der Waals surface area contributed by atoms with Gasteiger partial charge in [-0.15, -0.1) is 0 Å². The maximum atomic E-state index is 13.1. The summed E-state index contributed by atoms with van der Waals surface area (Å²) in [6.07, 6.45) is 1.73. The molecule has 1 saturated heterocycles. The Bertz CT molecular complexity index is 952. The van der Waals surface area contributed by atoms with E-state index in [9.17, 15) is 9.18 Å². The Balaban J connectivity index is 1.38. The summed E-state index contributed by atoms with van der Waals surface area (Å²) < 4.78 is 13.1. The predicted molar refractivity (Wildman–Crippen MR) is 113 cm³/mol. The maximum Gasteiger partial charge on any atom is 0.272 e. The average molecular weight is 390 g/mol. The number of carbonyl (C=O) groups is 1. The molecular weight excluding hydrogens is 367 g/mol. The Morgan fingerprint density at radius 2 is 1.59 bits per heavy atom. The fourth-order valence-electron chi connectivity index (χ4n) is 3.49. The van der Waals surface area contributed by atoms with Gasteiger partial charge in [-0.25, -0.2) is 9.37 Å². The minimum Gasteiger partial charge on any atom is -0.368 e. The van der Waals surface area contributed by atoms with Crippen molar-refractivity contribution in [2.45, 2.75) is 0 Å². The second-order valence-electron chi connectivity index (χ2n) is 7.05. The third-order valence-corrected chi connectivity index (χ3v) is 5.26. The highest BCUT2D eigenvalue weighted by Crippen LogP contribution is 2.23. The zero-order chi connectivity index (χ0) is 20.2. The Hall–Kier alpha value is -3.41. The van der Waals surface area contributed by atoms with Gasteiger partial charge in [0.15, 0.2) is 0 Å². The van der Waals surface area contributed by atoms with E-state index in [0.29, 0.717) is 31.9 Å². The summed E-state index contributed by atoms with van der Waals surface area (Å²) in [5.74, 6) is -0.298. The van der Waals surface area contributed by atoms with Gasteiger partial charge in [0.1, 0.15) is 11.5 Å². The van der Waals surface area contributed by atoms with Crippen LogP contribution >= 0.6 is 0 Å². The lowest BCUT2D eigenvalue weighted by Gasteiger charge is -2.36. The highest BCUT2D eigenvalue weighted by atomic mass is 19.1. The third-order valence-electron chi connectivity index (χ3n) is 5.26. The molecule has 0 bridgehead atoms. The van der Waals surface area contributed by atoms with Crippen molar-refractivity contribution in [1.82, 2.24) is 9.88 Å².